The lowest BCUT2D eigenvalue weighted by Gasteiger charge is -2.21. The van der Waals surface area contributed by atoms with Crippen LogP contribution in [-0.2, 0) is 0 Å². The monoisotopic (exact) mass is 207 g/mol. The van der Waals surface area contributed by atoms with Crippen molar-refractivity contribution in [1.29, 1.82) is 0 Å². The number of likely N-dealkylation sites (N-methyl/N-ethyl adjacent to an activating group) is 1. The molecule has 76 valence electrons. The van der Waals surface area contributed by atoms with E-state index in [0.717, 1.165) is 0 Å². The van der Waals surface area contributed by atoms with Crippen LogP contribution in [0.15, 0.2) is 29.2 Å². The minimum Gasteiger partial charge on any atom is -0.316 e. The average molecular weight is 207 g/mol. The molecule has 0 amide bonds. The molecule has 2 atom stereocenters. The van der Waals surface area contributed by atoms with E-state index in [1.165, 1.54) is 17.1 Å². The molecular weight excluding hydrogens is 190 g/mol. The second-order valence-electron chi connectivity index (χ2n) is 3.76. The van der Waals surface area contributed by atoms with Crippen molar-refractivity contribution in [2.24, 2.45) is 0 Å². The Morgan fingerprint density at radius 2 is 2.29 bits per heavy atom. The van der Waals surface area contributed by atoms with Crippen LogP contribution in [0.2, 0.25) is 0 Å². The molecular formula is C12H17NS. The summed E-state index contributed by atoms with van der Waals surface area (Å²) in [4.78, 5) is 1.48. The van der Waals surface area contributed by atoms with Crippen LogP contribution < -0.4 is 5.32 Å². The Balaban J connectivity index is 2.25. The number of benzene rings is 1. The predicted molar refractivity (Wildman–Crippen MR) is 63.0 cm³/mol. The van der Waals surface area contributed by atoms with Gasteiger partial charge >= 0.3 is 0 Å². The van der Waals surface area contributed by atoms with E-state index in [9.17, 15) is 0 Å². The number of thioether (sulfide) groups is 1. The normalized spacial score (nSPS) is 22.0. The van der Waals surface area contributed by atoms with Gasteiger partial charge in [-0.2, -0.15) is 0 Å². The first-order valence-corrected chi connectivity index (χ1v) is 6.24. The minimum absolute atomic E-state index is 0.631. The van der Waals surface area contributed by atoms with Gasteiger partial charge in [-0.3, -0.25) is 0 Å². The van der Waals surface area contributed by atoms with Crippen LogP contribution in [0.25, 0.3) is 0 Å². The molecule has 1 aliphatic rings. The molecule has 2 heteroatoms. The van der Waals surface area contributed by atoms with Crippen molar-refractivity contribution in [2.75, 3.05) is 12.8 Å². The van der Waals surface area contributed by atoms with E-state index in [-0.39, 0.29) is 0 Å². The molecule has 1 aromatic carbocycles. The van der Waals surface area contributed by atoms with Crippen molar-refractivity contribution < 1.29 is 0 Å². The second kappa shape index (κ2) is 4.37. The molecule has 1 N–H and O–H groups in total. The summed E-state index contributed by atoms with van der Waals surface area (Å²) >= 11 is 2.00. The molecule has 1 aromatic rings. The Morgan fingerprint density at radius 3 is 3.00 bits per heavy atom. The molecule has 0 saturated carbocycles. The van der Waals surface area contributed by atoms with Crippen molar-refractivity contribution in [1.82, 2.24) is 5.32 Å². The van der Waals surface area contributed by atoms with E-state index in [4.69, 9.17) is 0 Å². The molecule has 0 bridgehead atoms. The molecule has 0 fully saturated rings. The Hall–Kier alpha value is -0.470. The van der Waals surface area contributed by atoms with Gasteiger partial charge in [-0.1, -0.05) is 25.1 Å². The zero-order chi connectivity index (χ0) is 9.97. The zero-order valence-electron chi connectivity index (χ0n) is 8.79. The summed E-state index contributed by atoms with van der Waals surface area (Å²) in [6.07, 6.45) is 1.20. The fraction of sp³-hybridized carbons (Fsp3) is 0.500. The highest BCUT2D eigenvalue weighted by Crippen LogP contribution is 2.41. The van der Waals surface area contributed by atoms with Crippen LogP contribution in [-0.4, -0.2) is 18.8 Å². The van der Waals surface area contributed by atoms with E-state index in [1.54, 1.807) is 5.56 Å². The summed E-state index contributed by atoms with van der Waals surface area (Å²) in [6, 6.07) is 9.43. The second-order valence-corrected chi connectivity index (χ2v) is 4.82. The van der Waals surface area contributed by atoms with Gasteiger partial charge in [0, 0.05) is 22.6 Å². The van der Waals surface area contributed by atoms with E-state index in [0.29, 0.717) is 12.0 Å². The molecule has 0 saturated heterocycles. The highest BCUT2D eigenvalue weighted by Gasteiger charge is 2.27. The summed E-state index contributed by atoms with van der Waals surface area (Å²) in [7, 11) is 2.07. The predicted octanol–water partition coefficient (Wildman–Crippen LogP) is 2.87. The summed E-state index contributed by atoms with van der Waals surface area (Å²) in [5, 5.41) is 3.42. The van der Waals surface area contributed by atoms with E-state index in [1.807, 2.05) is 11.8 Å². The fourth-order valence-electron chi connectivity index (χ4n) is 2.21. The zero-order valence-corrected chi connectivity index (χ0v) is 9.60. The molecule has 0 spiro atoms. The van der Waals surface area contributed by atoms with Gasteiger partial charge in [0.15, 0.2) is 0 Å². The maximum atomic E-state index is 3.42. The van der Waals surface area contributed by atoms with Crippen LogP contribution in [0.1, 0.15) is 24.8 Å². The fourth-order valence-corrected chi connectivity index (χ4v) is 3.54. The van der Waals surface area contributed by atoms with Crippen LogP contribution in [0.5, 0.6) is 0 Å². The number of hydrogen-bond donors (Lipinski definition) is 1. The summed E-state index contributed by atoms with van der Waals surface area (Å²) in [5.41, 5.74) is 1.54. The minimum atomic E-state index is 0.631. The van der Waals surface area contributed by atoms with Gasteiger partial charge in [-0.25, -0.2) is 0 Å². The lowest BCUT2D eigenvalue weighted by molar-refractivity contribution is 0.478. The van der Waals surface area contributed by atoms with E-state index < -0.39 is 0 Å². The quantitative estimate of drug-likeness (QED) is 0.818. The Labute approximate surface area is 90.3 Å². The van der Waals surface area contributed by atoms with Gasteiger partial charge in [-0.05, 0) is 25.1 Å². The van der Waals surface area contributed by atoms with Crippen LogP contribution in [0.4, 0.5) is 0 Å². The van der Waals surface area contributed by atoms with Gasteiger partial charge < -0.3 is 5.32 Å². The Kier molecular flexibility index (Phi) is 3.14. The van der Waals surface area contributed by atoms with Crippen molar-refractivity contribution in [3.05, 3.63) is 29.8 Å². The average Bonchev–Trinajstić information content (AvgIpc) is 2.65. The summed E-state index contributed by atoms with van der Waals surface area (Å²) < 4.78 is 0. The molecule has 0 aromatic heterocycles. The molecule has 1 nitrogen and oxygen atoms in total. The first-order valence-electron chi connectivity index (χ1n) is 5.25. The van der Waals surface area contributed by atoms with Crippen molar-refractivity contribution >= 4 is 11.8 Å². The molecule has 1 aliphatic heterocycles. The highest BCUT2D eigenvalue weighted by molar-refractivity contribution is 7.99. The van der Waals surface area contributed by atoms with Crippen LogP contribution in [0.3, 0.4) is 0 Å². The number of hydrogen-bond acceptors (Lipinski definition) is 2. The first-order chi connectivity index (χ1) is 6.86. The van der Waals surface area contributed by atoms with Crippen LogP contribution >= 0.6 is 11.8 Å². The molecule has 1 heterocycles. The summed E-state index contributed by atoms with van der Waals surface area (Å²) in [5.74, 6) is 1.93. The Bertz CT molecular complexity index is 307. The molecule has 0 radical (unpaired) electrons. The third-order valence-corrected chi connectivity index (χ3v) is 4.24. The Morgan fingerprint density at radius 1 is 1.50 bits per heavy atom. The van der Waals surface area contributed by atoms with Gasteiger partial charge in [0.2, 0.25) is 0 Å². The molecule has 2 rings (SSSR count). The lowest BCUT2D eigenvalue weighted by Crippen LogP contribution is -2.31. The van der Waals surface area contributed by atoms with Crippen molar-refractivity contribution in [2.45, 2.75) is 30.2 Å². The number of nitrogens with one attached hydrogen (secondary N) is 1. The molecule has 2 unspecified atom stereocenters. The SMILES string of the molecule is CCC(NC)C1CSc2ccccc21. The van der Waals surface area contributed by atoms with E-state index in [2.05, 4.69) is 43.6 Å². The third kappa shape index (κ3) is 1.69. The van der Waals surface area contributed by atoms with E-state index >= 15 is 0 Å². The molecule has 0 aliphatic carbocycles. The van der Waals surface area contributed by atoms with Crippen molar-refractivity contribution in [3.8, 4) is 0 Å². The highest BCUT2D eigenvalue weighted by atomic mass is 32.2. The first kappa shape index (κ1) is 10.1. The topological polar surface area (TPSA) is 12.0 Å². The maximum absolute atomic E-state index is 3.42. The number of fused-ring (bicyclic) bond motifs is 1. The van der Waals surface area contributed by atoms with Gasteiger partial charge in [0.25, 0.3) is 0 Å². The maximum Gasteiger partial charge on any atom is 0.0139 e. The lowest BCUT2D eigenvalue weighted by atomic mass is 9.92. The van der Waals surface area contributed by atoms with Crippen LogP contribution in [0, 0.1) is 0 Å². The van der Waals surface area contributed by atoms with Gasteiger partial charge in [0.1, 0.15) is 0 Å². The molecule has 14 heavy (non-hydrogen) atoms. The van der Waals surface area contributed by atoms with Gasteiger partial charge in [0.05, 0.1) is 0 Å². The van der Waals surface area contributed by atoms with Gasteiger partial charge in [-0.15, -0.1) is 11.8 Å². The largest absolute Gasteiger partial charge is 0.316 e. The summed E-state index contributed by atoms with van der Waals surface area (Å²) in [6.45, 7) is 2.26. The number of rotatable bonds is 3. The smallest absolute Gasteiger partial charge is 0.0139 e. The standard InChI is InChI=1S/C12H17NS/c1-3-11(13-2)10-8-14-12-7-5-4-6-9(10)12/h4-7,10-11,13H,3,8H2,1-2H3. The van der Waals surface area contributed by atoms with Crippen molar-refractivity contribution in [3.63, 3.8) is 0 Å². The third-order valence-electron chi connectivity index (χ3n) is 3.03.